The van der Waals surface area contributed by atoms with Crippen LogP contribution in [0.25, 0.3) is 0 Å². The third kappa shape index (κ3) is 3.10. The van der Waals surface area contributed by atoms with Crippen LogP contribution in [0.1, 0.15) is 0 Å². The smallest absolute Gasteiger partial charge is 0.242 e. The summed E-state index contributed by atoms with van der Waals surface area (Å²) in [5, 5.41) is 6.69. The van der Waals surface area contributed by atoms with E-state index in [1.807, 2.05) is 31.1 Å². The standard InChI is InChI=1S/C12H16ClN3OS/c1-16(2)11-4-3-8(13)5-9(11)15-12(17)10-6-18-7-14-10/h3-5,10,14H,6-7H2,1-2H3,(H,15,17). The third-order valence-corrected chi connectivity index (χ3v) is 3.91. The number of halogens is 1. The van der Waals surface area contributed by atoms with E-state index in [2.05, 4.69) is 10.6 Å². The van der Waals surface area contributed by atoms with Gasteiger partial charge in [-0.05, 0) is 18.2 Å². The van der Waals surface area contributed by atoms with Crippen LogP contribution in [0.3, 0.4) is 0 Å². The number of anilines is 2. The second kappa shape index (κ2) is 5.82. The minimum Gasteiger partial charge on any atom is -0.376 e. The van der Waals surface area contributed by atoms with Gasteiger partial charge in [0, 0.05) is 30.7 Å². The molecule has 1 saturated heterocycles. The average molecular weight is 286 g/mol. The topological polar surface area (TPSA) is 44.4 Å². The predicted molar refractivity (Wildman–Crippen MR) is 78.7 cm³/mol. The molecule has 1 aliphatic heterocycles. The molecule has 2 N–H and O–H groups in total. The highest BCUT2D eigenvalue weighted by Gasteiger charge is 2.23. The number of hydrogen-bond donors (Lipinski definition) is 2. The van der Waals surface area contributed by atoms with Crippen molar-refractivity contribution in [2.75, 3.05) is 35.9 Å². The number of carbonyl (C=O) groups is 1. The van der Waals surface area contributed by atoms with Crippen LogP contribution in [-0.4, -0.2) is 37.7 Å². The summed E-state index contributed by atoms with van der Waals surface area (Å²) in [4.78, 5) is 14.0. The maximum Gasteiger partial charge on any atom is 0.242 e. The minimum atomic E-state index is -0.121. The molecule has 0 saturated carbocycles. The second-order valence-electron chi connectivity index (χ2n) is 4.32. The number of thioether (sulfide) groups is 1. The van der Waals surface area contributed by atoms with Gasteiger partial charge in [0.05, 0.1) is 17.4 Å². The summed E-state index contributed by atoms with van der Waals surface area (Å²) in [5.74, 6) is 1.63. The first-order valence-corrected chi connectivity index (χ1v) is 7.20. The van der Waals surface area contributed by atoms with Gasteiger partial charge >= 0.3 is 0 Å². The Morgan fingerprint density at radius 2 is 2.33 bits per heavy atom. The van der Waals surface area contributed by atoms with Gasteiger partial charge in [0.25, 0.3) is 0 Å². The van der Waals surface area contributed by atoms with Gasteiger partial charge in [-0.3, -0.25) is 10.1 Å². The maximum absolute atomic E-state index is 12.1. The highest BCUT2D eigenvalue weighted by Crippen LogP contribution is 2.28. The molecule has 98 valence electrons. The Kier molecular flexibility index (Phi) is 4.37. The van der Waals surface area contributed by atoms with Crippen molar-refractivity contribution in [1.82, 2.24) is 5.32 Å². The zero-order chi connectivity index (χ0) is 13.1. The van der Waals surface area contributed by atoms with Gasteiger partial charge < -0.3 is 10.2 Å². The molecule has 1 atom stereocenters. The first-order chi connectivity index (χ1) is 8.58. The van der Waals surface area contributed by atoms with Crippen LogP contribution in [0.2, 0.25) is 5.02 Å². The molecule has 1 fully saturated rings. The van der Waals surface area contributed by atoms with Crippen molar-refractivity contribution < 1.29 is 4.79 Å². The molecule has 1 aromatic rings. The number of hydrogen-bond acceptors (Lipinski definition) is 4. The van der Waals surface area contributed by atoms with Gasteiger partial charge in [-0.2, -0.15) is 0 Å². The van der Waals surface area contributed by atoms with E-state index in [1.165, 1.54) is 0 Å². The van der Waals surface area contributed by atoms with Gasteiger partial charge in [0.1, 0.15) is 0 Å². The molecule has 0 aromatic heterocycles. The van der Waals surface area contributed by atoms with Crippen molar-refractivity contribution >= 4 is 40.6 Å². The largest absolute Gasteiger partial charge is 0.376 e. The van der Waals surface area contributed by atoms with Crippen molar-refractivity contribution in [2.45, 2.75) is 6.04 Å². The summed E-state index contributed by atoms with van der Waals surface area (Å²) in [6.45, 7) is 0. The number of rotatable bonds is 3. The van der Waals surface area contributed by atoms with Gasteiger partial charge in [0.15, 0.2) is 0 Å². The van der Waals surface area contributed by atoms with E-state index in [0.29, 0.717) is 5.02 Å². The summed E-state index contributed by atoms with van der Waals surface area (Å²) < 4.78 is 0. The van der Waals surface area contributed by atoms with E-state index < -0.39 is 0 Å². The zero-order valence-corrected chi connectivity index (χ0v) is 11.9. The minimum absolute atomic E-state index is 0.00892. The first-order valence-electron chi connectivity index (χ1n) is 5.67. The lowest BCUT2D eigenvalue weighted by Crippen LogP contribution is -2.37. The molecule has 1 aromatic carbocycles. The van der Waals surface area contributed by atoms with Crippen molar-refractivity contribution in [3.05, 3.63) is 23.2 Å². The Balaban J connectivity index is 2.16. The molecule has 0 radical (unpaired) electrons. The number of benzene rings is 1. The first kappa shape index (κ1) is 13.5. The van der Waals surface area contributed by atoms with Gasteiger partial charge in [-0.15, -0.1) is 11.8 Å². The van der Waals surface area contributed by atoms with Crippen LogP contribution in [0.15, 0.2) is 18.2 Å². The monoisotopic (exact) mass is 285 g/mol. The van der Waals surface area contributed by atoms with Gasteiger partial charge in [0.2, 0.25) is 5.91 Å². The summed E-state index contributed by atoms with van der Waals surface area (Å²) >= 11 is 7.70. The van der Waals surface area contributed by atoms with Crippen molar-refractivity contribution in [3.63, 3.8) is 0 Å². The fraction of sp³-hybridized carbons (Fsp3) is 0.417. The predicted octanol–water partition coefficient (Wildman–Crippen LogP) is 2.01. The Labute approximate surface area is 116 Å². The van der Waals surface area contributed by atoms with Crippen LogP contribution >= 0.6 is 23.4 Å². The molecule has 0 bridgehead atoms. The van der Waals surface area contributed by atoms with Gasteiger partial charge in [-0.1, -0.05) is 11.6 Å². The van der Waals surface area contributed by atoms with Crippen molar-refractivity contribution in [1.29, 1.82) is 0 Å². The molecule has 1 unspecified atom stereocenters. The van der Waals surface area contributed by atoms with Crippen LogP contribution in [-0.2, 0) is 4.79 Å². The normalized spacial score (nSPS) is 18.7. The van der Waals surface area contributed by atoms with Crippen LogP contribution < -0.4 is 15.5 Å². The van der Waals surface area contributed by atoms with E-state index in [1.54, 1.807) is 17.8 Å². The Hall–Kier alpha value is -0.910. The molecular formula is C12H16ClN3OS. The van der Waals surface area contributed by atoms with E-state index in [9.17, 15) is 4.79 Å². The number of nitrogens with zero attached hydrogens (tertiary/aromatic N) is 1. The van der Waals surface area contributed by atoms with E-state index in [0.717, 1.165) is 23.0 Å². The second-order valence-corrected chi connectivity index (χ2v) is 5.78. The maximum atomic E-state index is 12.1. The summed E-state index contributed by atoms with van der Waals surface area (Å²) in [6.07, 6.45) is 0. The lowest BCUT2D eigenvalue weighted by atomic mass is 10.2. The van der Waals surface area contributed by atoms with Crippen LogP contribution in [0, 0.1) is 0 Å². The molecular weight excluding hydrogens is 270 g/mol. The van der Waals surface area contributed by atoms with Crippen molar-refractivity contribution in [2.24, 2.45) is 0 Å². The molecule has 0 aliphatic carbocycles. The Bertz CT molecular complexity index is 447. The lowest BCUT2D eigenvalue weighted by molar-refractivity contribution is -0.117. The fourth-order valence-electron chi connectivity index (χ4n) is 1.78. The third-order valence-electron chi connectivity index (χ3n) is 2.73. The molecule has 4 nitrogen and oxygen atoms in total. The summed E-state index contributed by atoms with van der Waals surface area (Å²) in [6, 6.07) is 5.37. The Morgan fingerprint density at radius 3 is 2.94 bits per heavy atom. The van der Waals surface area contributed by atoms with Gasteiger partial charge in [-0.25, -0.2) is 0 Å². The summed E-state index contributed by atoms with van der Waals surface area (Å²) in [7, 11) is 3.87. The SMILES string of the molecule is CN(C)c1ccc(Cl)cc1NC(=O)C1CSCN1. The van der Waals surface area contributed by atoms with Crippen LogP contribution in [0.5, 0.6) is 0 Å². The van der Waals surface area contributed by atoms with Crippen LogP contribution in [0.4, 0.5) is 11.4 Å². The molecule has 6 heteroatoms. The quantitative estimate of drug-likeness (QED) is 0.892. The molecule has 0 spiro atoms. The molecule has 1 amide bonds. The fourth-order valence-corrected chi connectivity index (χ4v) is 2.90. The Morgan fingerprint density at radius 1 is 1.56 bits per heavy atom. The highest BCUT2D eigenvalue weighted by molar-refractivity contribution is 7.99. The van der Waals surface area contributed by atoms with E-state index in [-0.39, 0.29) is 11.9 Å². The lowest BCUT2D eigenvalue weighted by Gasteiger charge is -2.19. The van der Waals surface area contributed by atoms with E-state index in [4.69, 9.17) is 11.6 Å². The number of nitrogens with one attached hydrogen (secondary N) is 2. The van der Waals surface area contributed by atoms with E-state index >= 15 is 0 Å². The van der Waals surface area contributed by atoms with Crippen molar-refractivity contribution in [3.8, 4) is 0 Å². The average Bonchev–Trinajstić information content (AvgIpc) is 2.81. The molecule has 1 aliphatic rings. The highest BCUT2D eigenvalue weighted by atomic mass is 35.5. The summed E-state index contributed by atoms with van der Waals surface area (Å²) in [5.41, 5.74) is 1.69. The molecule has 18 heavy (non-hydrogen) atoms. The molecule has 2 rings (SSSR count). The number of amides is 1. The number of carbonyl (C=O) groups excluding carboxylic acids is 1. The zero-order valence-electron chi connectivity index (χ0n) is 10.4. The molecule has 1 heterocycles.